The van der Waals surface area contributed by atoms with Crippen LogP contribution >= 0.6 is 0 Å². The number of nitrogen functional groups attached to an aromatic ring is 1. The van der Waals surface area contributed by atoms with E-state index in [1.807, 2.05) is 6.92 Å². The van der Waals surface area contributed by atoms with E-state index in [9.17, 15) is 9.59 Å². The summed E-state index contributed by atoms with van der Waals surface area (Å²) < 4.78 is 5.65. The lowest BCUT2D eigenvalue weighted by atomic mass is 10.0. The normalized spacial score (nSPS) is 13.3. The molecule has 0 radical (unpaired) electrons. The van der Waals surface area contributed by atoms with Gasteiger partial charge >= 0.3 is 0 Å². The van der Waals surface area contributed by atoms with Crippen molar-refractivity contribution in [3.05, 3.63) is 29.3 Å². The van der Waals surface area contributed by atoms with Crippen LogP contribution in [0.25, 0.3) is 0 Å². The van der Waals surface area contributed by atoms with Gasteiger partial charge in [-0.1, -0.05) is 19.9 Å². The molecule has 0 aliphatic rings. The molecule has 0 fully saturated rings. The smallest absolute Gasteiger partial charge is 0.253 e. The van der Waals surface area contributed by atoms with Crippen LogP contribution in [-0.4, -0.2) is 36.7 Å². The summed E-state index contributed by atoms with van der Waals surface area (Å²) in [5, 5.41) is 11.9. The van der Waals surface area contributed by atoms with Crippen molar-refractivity contribution in [2.45, 2.75) is 26.4 Å². The number of ether oxygens (including phenoxy) is 1. The van der Waals surface area contributed by atoms with E-state index in [1.165, 1.54) is 12.1 Å². The van der Waals surface area contributed by atoms with E-state index in [2.05, 4.69) is 5.32 Å². The molecule has 0 saturated carbocycles. The van der Waals surface area contributed by atoms with Crippen molar-refractivity contribution in [3.63, 3.8) is 0 Å². The summed E-state index contributed by atoms with van der Waals surface area (Å²) in [4.78, 5) is 23.7. The number of amides is 2. The van der Waals surface area contributed by atoms with E-state index in [-0.39, 0.29) is 36.3 Å². The lowest BCUT2D eigenvalue weighted by molar-refractivity contribution is -0.134. The maximum absolute atomic E-state index is 12.3. The first-order valence-electron chi connectivity index (χ1n) is 7.60. The fraction of sp³-hybridized carbons (Fsp3) is 0.500. The van der Waals surface area contributed by atoms with Gasteiger partial charge in [0.15, 0.2) is 6.10 Å². The highest BCUT2D eigenvalue weighted by molar-refractivity contribution is 5.98. The minimum absolute atomic E-state index is 0.0441. The average Bonchev–Trinajstić information content (AvgIpc) is 2.53. The Bertz CT molecular complexity index is 548. The summed E-state index contributed by atoms with van der Waals surface area (Å²) in [6, 6.07) is 4.62. The van der Waals surface area contributed by atoms with Gasteiger partial charge in [-0.15, -0.1) is 0 Å². The summed E-state index contributed by atoms with van der Waals surface area (Å²) in [6.45, 7) is 4.43. The summed E-state index contributed by atoms with van der Waals surface area (Å²) in [7, 11) is 0. The average molecular weight is 323 g/mol. The Kier molecular flexibility index (Phi) is 7.50. The third-order valence-corrected chi connectivity index (χ3v) is 3.29. The van der Waals surface area contributed by atoms with Crippen LogP contribution in [0, 0.1) is 5.92 Å². The fourth-order valence-corrected chi connectivity index (χ4v) is 1.93. The standard InChI is InChI=1S/C16H25N3O4/c1-3-6-19-16(22)14(23-9-10(2)8-20)11-4-5-13(17)12(7-11)15(18)21/h4-5,7,10,14,20H,3,6,8-9,17H2,1-2H3,(H2,18,21)(H,19,22). The zero-order chi connectivity index (χ0) is 17.4. The molecule has 128 valence electrons. The van der Waals surface area contributed by atoms with Crippen LogP contribution in [-0.2, 0) is 9.53 Å². The number of aliphatic hydroxyl groups is 1. The Hall–Kier alpha value is -2.12. The zero-order valence-corrected chi connectivity index (χ0v) is 13.5. The molecule has 2 atom stereocenters. The second-order valence-electron chi connectivity index (χ2n) is 5.50. The SMILES string of the molecule is CCCNC(=O)C(OCC(C)CO)c1ccc(N)c(C(N)=O)c1. The molecule has 0 bridgehead atoms. The minimum Gasteiger partial charge on any atom is -0.398 e. The van der Waals surface area contributed by atoms with Crippen molar-refractivity contribution in [1.82, 2.24) is 5.32 Å². The number of rotatable bonds is 9. The largest absolute Gasteiger partial charge is 0.398 e. The summed E-state index contributed by atoms with van der Waals surface area (Å²) in [6.07, 6.45) is -0.103. The van der Waals surface area contributed by atoms with Gasteiger partial charge in [-0.2, -0.15) is 0 Å². The molecule has 6 N–H and O–H groups in total. The monoisotopic (exact) mass is 323 g/mol. The highest BCUT2D eigenvalue weighted by atomic mass is 16.5. The van der Waals surface area contributed by atoms with E-state index < -0.39 is 12.0 Å². The van der Waals surface area contributed by atoms with Gasteiger partial charge in [0.1, 0.15) is 0 Å². The highest BCUT2D eigenvalue weighted by Gasteiger charge is 2.23. The first-order chi connectivity index (χ1) is 10.9. The van der Waals surface area contributed by atoms with Gasteiger partial charge in [-0.05, 0) is 24.1 Å². The maximum atomic E-state index is 12.3. The van der Waals surface area contributed by atoms with Crippen LogP contribution in [0.5, 0.6) is 0 Å². The molecule has 7 nitrogen and oxygen atoms in total. The van der Waals surface area contributed by atoms with Crippen molar-refractivity contribution in [2.75, 3.05) is 25.5 Å². The maximum Gasteiger partial charge on any atom is 0.253 e. The molecule has 0 saturated heterocycles. The van der Waals surface area contributed by atoms with Crippen LogP contribution in [0.2, 0.25) is 0 Å². The Labute approximate surface area is 136 Å². The number of carbonyl (C=O) groups excluding carboxylic acids is 2. The number of benzene rings is 1. The van der Waals surface area contributed by atoms with Gasteiger partial charge in [0.2, 0.25) is 0 Å². The summed E-state index contributed by atoms with van der Waals surface area (Å²) in [5.74, 6) is -1.08. The number of primary amides is 1. The third kappa shape index (κ3) is 5.54. The van der Waals surface area contributed by atoms with Crippen molar-refractivity contribution in [2.24, 2.45) is 11.7 Å². The van der Waals surface area contributed by atoms with Crippen LogP contribution in [0.4, 0.5) is 5.69 Å². The molecule has 2 amide bonds. The van der Waals surface area contributed by atoms with E-state index in [0.717, 1.165) is 6.42 Å². The lowest BCUT2D eigenvalue weighted by Gasteiger charge is -2.20. The topological polar surface area (TPSA) is 128 Å². The van der Waals surface area contributed by atoms with Crippen molar-refractivity contribution in [3.8, 4) is 0 Å². The van der Waals surface area contributed by atoms with Crippen LogP contribution in [0.1, 0.15) is 42.3 Å². The molecule has 0 spiro atoms. The summed E-state index contributed by atoms with van der Waals surface area (Å²) in [5.41, 5.74) is 11.9. The lowest BCUT2D eigenvalue weighted by Crippen LogP contribution is -2.32. The van der Waals surface area contributed by atoms with Crippen molar-refractivity contribution >= 4 is 17.5 Å². The van der Waals surface area contributed by atoms with Gasteiger partial charge in [-0.25, -0.2) is 0 Å². The van der Waals surface area contributed by atoms with Gasteiger partial charge in [0, 0.05) is 24.8 Å². The Morgan fingerprint density at radius 1 is 1.39 bits per heavy atom. The molecule has 1 aromatic rings. The molecule has 0 aliphatic heterocycles. The Balaban J connectivity index is 3.04. The first kappa shape index (κ1) is 18.9. The predicted molar refractivity (Wildman–Crippen MR) is 87.6 cm³/mol. The van der Waals surface area contributed by atoms with Crippen LogP contribution < -0.4 is 16.8 Å². The Morgan fingerprint density at radius 3 is 2.65 bits per heavy atom. The molecule has 1 rings (SSSR count). The molecule has 2 unspecified atom stereocenters. The second kappa shape index (κ2) is 9.12. The first-order valence-corrected chi connectivity index (χ1v) is 7.60. The van der Waals surface area contributed by atoms with Crippen LogP contribution in [0.15, 0.2) is 18.2 Å². The number of carbonyl (C=O) groups is 2. The van der Waals surface area contributed by atoms with Crippen molar-refractivity contribution in [1.29, 1.82) is 0 Å². The number of hydrogen-bond donors (Lipinski definition) is 4. The third-order valence-electron chi connectivity index (χ3n) is 3.29. The molecule has 7 heteroatoms. The fourth-order valence-electron chi connectivity index (χ4n) is 1.93. The van der Waals surface area contributed by atoms with Crippen LogP contribution in [0.3, 0.4) is 0 Å². The molecule has 0 heterocycles. The molecule has 23 heavy (non-hydrogen) atoms. The Morgan fingerprint density at radius 2 is 2.09 bits per heavy atom. The molecule has 0 aliphatic carbocycles. The second-order valence-corrected chi connectivity index (χ2v) is 5.50. The number of anilines is 1. The predicted octanol–water partition coefficient (Wildman–Crippen LogP) is 0.580. The van der Waals surface area contributed by atoms with E-state index >= 15 is 0 Å². The number of nitrogens with one attached hydrogen (secondary N) is 1. The zero-order valence-electron chi connectivity index (χ0n) is 13.5. The van der Waals surface area contributed by atoms with E-state index in [1.54, 1.807) is 13.0 Å². The van der Waals surface area contributed by atoms with Crippen molar-refractivity contribution < 1.29 is 19.4 Å². The molecule has 0 aromatic heterocycles. The quantitative estimate of drug-likeness (QED) is 0.494. The van der Waals surface area contributed by atoms with Gasteiger partial charge in [-0.3, -0.25) is 9.59 Å². The number of hydrogen-bond acceptors (Lipinski definition) is 5. The molecular formula is C16H25N3O4. The van der Waals surface area contributed by atoms with E-state index in [4.69, 9.17) is 21.3 Å². The number of nitrogens with two attached hydrogens (primary N) is 2. The van der Waals surface area contributed by atoms with Gasteiger partial charge in [0.05, 0.1) is 12.2 Å². The molecular weight excluding hydrogens is 298 g/mol. The van der Waals surface area contributed by atoms with Gasteiger partial charge in [0.25, 0.3) is 11.8 Å². The highest BCUT2D eigenvalue weighted by Crippen LogP contribution is 2.23. The minimum atomic E-state index is -0.894. The van der Waals surface area contributed by atoms with E-state index in [0.29, 0.717) is 12.1 Å². The van der Waals surface area contributed by atoms with Gasteiger partial charge < -0.3 is 26.6 Å². The summed E-state index contributed by atoms with van der Waals surface area (Å²) >= 11 is 0. The molecule has 1 aromatic carbocycles. The number of aliphatic hydroxyl groups excluding tert-OH is 1.